The maximum Gasteiger partial charge on any atom is 0.0691 e. The molecule has 0 radical (unpaired) electrons. The van der Waals surface area contributed by atoms with Gasteiger partial charge in [-0.15, -0.1) is 0 Å². The van der Waals surface area contributed by atoms with Crippen LogP contribution in [-0.4, -0.2) is 28.4 Å². The highest BCUT2D eigenvalue weighted by Crippen LogP contribution is 2.20. The third-order valence-electron chi connectivity index (χ3n) is 2.65. The molecule has 1 aliphatic rings. The van der Waals surface area contributed by atoms with Crippen molar-refractivity contribution >= 4 is 10.8 Å². The second-order valence-corrected chi connectivity index (χ2v) is 6.31. The number of rotatable bonds is 5. The highest BCUT2D eigenvalue weighted by Gasteiger charge is 2.21. The van der Waals surface area contributed by atoms with Crippen LogP contribution in [0.15, 0.2) is 0 Å². The van der Waals surface area contributed by atoms with Crippen LogP contribution in [0.3, 0.4) is 0 Å². The number of ether oxygens (including phenoxy) is 1. The molecule has 0 spiro atoms. The van der Waals surface area contributed by atoms with E-state index >= 15 is 0 Å². The van der Waals surface area contributed by atoms with Crippen LogP contribution >= 0.6 is 0 Å². The predicted molar refractivity (Wildman–Crippen MR) is 60.9 cm³/mol. The summed E-state index contributed by atoms with van der Waals surface area (Å²) in [7, 11) is -0.834. The molecule has 0 aromatic heterocycles. The Labute approximate surface area is 94.3 Å². The fourth-order valence-corrected chi connectivity index (χ4v) is 3.07. The molecule has 0 N–H and O–H groups in total. The van der Waals surface area contributed by atoms with Crippen molar-refractivity contribution in [3.63, 3.8) is 0 Å². The molecule has 0 aliphatic carbocycles. The molecule has 1 fully saturated rings. The fourth-order valence-electron chi connectivity index (χ4n) is 1.49. The van der Waals surface area contributed by atoms with Gasteiger partial charge in [0.25, 0.3) is 0 Å². The van der Waals surface area contributed by atoms with E-state index in [9.17, 15) is 4.21 Å². The minimum absolute atomic E-state index is 0.191. The average molecular weight is 229 g/mol. The summed E-state index contributed by atoms with van der Waals surface area (Å²) in [6.07, 6.45) is 3.01. The van der Waals surface area contributed by atoms with Gasteiger partial charge in [-0.05, 0) is 33.1 Å². The van der Waals surface area contributed by atoms with Crippen LogP contribution in [0.5, 0.6) is 0 Å². The van der Waals surface area contributed by atoms with Crippen LogP contribution in [0.25, 0.3) is 0 Å². The summed E-state index contributed by atoms with van der Waals surface area (Å²) in [5.74, 6) is 1.25. The lowest BCUT2D eigenvalue weighted by atomic mass is 9.93. The summed E-state index contributed by atoms with van der Waals surface area (Å²) in [6.45, 7) is 4.58. The van der Waals surface area contributed by atoms with E-state index in [-0.39, 0.29) is 11.5 Å². The molecular formula is C11H19NO2S. The van der Waals surface area contributed by atoms with E-state index in [1.807, 2.05) is 13.8 Å². The summed E-state index contributed by atoms with van der Waals surface area (Å²) >= 11 is 0. The molecule has 1 aliphatic heterocycles. The van der Waals surface area contributed by atoms with E-state index in [0.29, 0.717) is 17.9 Å². The van der Waals surface area contributed by atoms with Gasteiger partial charge in [0.1, 0.15) is 0 Å². The second-order valence-electron chi connectivity index (χ2n) is 4.69. The Morgan fingerprint density at radius 2 is 2.33 bits per heavy atom. The third-order valence-corrected chi connectivity index (χ3v) is 4.06. The first-order valence-electron chi connectivity index (χ1n) is 5.41. The van der Waals surface area contributed by atoms with Crippen LogP contribution < -0.4 is 0 Å². The molecule has 1 saturated heterocycles. The Morgan fingerprint density at radius 1 is 1.60 bits per heavy atom. The van der Waals surface area contributed by atoms with Gasteiger partial charge in [0.2, 0.25) is 0 Å². The molecule has 1 heterocycles. The first-order chi connectivity index (χ1) is 7.03. The molecule has 0 aromatic carbocycles. The Bertz CT molecular complexity index is 264. The van der Waals surface area contributed by atoms with Crippen LogP contribution in [0.4, 0.5) is 0 Å². The van der Waals surface area contributed by atoms with Gasteiger partial charge in [-0.3, -0.25) is 4.21 Å². The van der Waals surface area contributed by atoms with E-state index in [4.69, 9.17) is 10.00 Å². The zero-order chi connectivity index (χ0) is 11.3. The van der Waals surface area contributed by atoms with Crippen molar-refractivity contribution in [2.24, 2.45) is 5.41 Å². The monoisotopic (exact) mass is 229 g/mol. The second kappa shape index (κ2) is 5.62. The minimum atomic E-state index is -0.834. The Balaban J connectivity index is 2.22. The van der Waals surface area contributed by atoms with Crippen molar-refractivity contribution in [2.75, 3.05) is 18.1 Å². The van der Waals surface area contributed by atoms with Crippen LogP contribution in [0.2, 0.25) is 0 Å². The average Bonchev–Trinajstić information content (AvgIpc) is 2.68. The molecule has 0 bridgehead atoms. The molecule has 0 saturated carbocycles. The zero-order valence-electron chi connectivity index (χ0n) is 9.49. The minimum Gasteiger partial charge on any atom is -0.377 e. The Kier molecular flexibility index (Phi) is 4.75. The van der Waals surface area contributed by atoms with Gasteiger partial charge in [0.05, 0.1) is 17.6 Å². The summed E-state index contributed by atoms with van der Waals surface area (Å²) in [5.41, 5.74) is -0.355. The molecule has 1 rings (SSSR count). The van der Waals surface area contributed by atoms with Gasteiger partial charge in [0.15, 0.2) is 0 Å². The molecule has 2 unspecified atom stereocenters. The number of nitrogens with zero attached hydrogens (tertiary/aromatic N) is 1. The quantitative estimate of drug-likeness (QED) is 0.723. The van der Waals surface area contributed by atoms with E-state index in [0.717, 1.165) is 19.4 Å². The summed E-state index contributed by atoms with van der Waals surface area (Å²) in [4.78, 5) is 0. The van der Waals surface area contributed by atoms with Gasteiger partial charge in [0, 0.05) is 28.9 Å². The summed E-state index contributed by atoms with van der Waals surface area (Å²) < 4.78 is 17.1. The van der Waals surface area contributed by atoms with Crippen LogP contribution in [0.1, 0.15) is 33.1 Å². The van der Waals surface area contributed by atoms with Gasteiger partial charge in [-0.1, -0.05) is 0 Å². The summed E-state index contributed by atoms with van der Waals surface area (Å²) in [5, 5.41) is 8.82. The van der Waals surface area contributed by atoms with Gasteiger partial charge in [-0.25, -0.2) is 0 Å². The molecule has 15 heavy (non-hydrogen) atoms. The largest absolute Gasteiger partial charge is 0.377 e. The molecule has 3 nitrogen and oxygen atoms in total. The van der Waals surface area contributed by atoms with E-state index in [2.05, 4.69) is 6.07 Å². The van der Waals surface area contributed by atoms with E-state index in [1.54, 1.807) is 0 Å². The smallest absolute Gasteiger partial charge is 0.0691 e. The lowest BCUT2D eigenvalue weighted by Crippen LogP contribution is -2.20. The Morgan fingerprint density at radius 3 is 2.87 bits per heavy atom. The molecule has 2 atom stereocenters. The first kappa shape index (κ1) is 12.7. The van der Waals surface area contributed by atoms with Gasteiger partial charge >= 0.3 is 0 Å². The van der Waals surface area contributed by atoms with E-state index < -0.39 is 10.8 Å². The Hall–Kier alpha value is -0.400. The van der Waals surface area contributed by atoms with Crippen molar-refractivity contribution in [1.82, 2.24) is 0 Å². The van der Waals surface area contributed by atoms with Gasteiger partial charge in [-0.2, -0.15) is 5.26 Å². The van der Waals surface area contributed by atoms with Crippen molar-refractivity contribution in [3.8, 4) is 6.07 Å². The maximum absolute atomic E-state index is 11.7. The highest BCUT2D eigenvalue weighted by molar-refractivity contribution is 7.85. The topological polar surface area (TPSA) is 50.1 Å². The molecule has 4 heteroatoms. The number of nitriles is 1. The lowest BCUT2D eigenvalue weighted by Gasteiger charge is -2.15. The van der Waals surface area contributed by atoms with Crippen LogP contribution in [-0.2, 0) is 15.5 Å². The molecule has 0 aromatic rings. The van der Waals surface area contributed by atoms with Crippen molar-refractivity contribution in [2.45, 2.75) is 39.2 Å². The summed E-state index contributed by atoms with van der Waals surface area (Å²) in [6, 6.07) is 2.22. The first-order valence-corrected chi connectivity index (χ1v) is 6.90. The molecule has 0 amide bonds. The standard InChI is InChI=1S/C11H19NO2S/c1-11(2,9-12)5-7-15(13)8-10-4-3-6-14-10/h10H,3-8H2,1-2H3. The molecular weight excluding hydrogens is 210 g/mol. The molecule has 86 valence electrons. The van der Waals surface area contributed by atoms with Crippen molar-refractivity contribution < 1.29 is 8.95 Å². The van der Waals surface area contributed by atoms with Crippen LogP contribution in [0, 0.1) is 16.7 Å². The third kappa shape index (κ3) is 4.76. The maximum atomic E-state index is 11.7. The zero-order valence-corrected chi connectivity index (χ0v) is 10.3. The lowest BCUT2D eigenvalue weighted by molar-refractivity contribution is 0.128. The van der Waals surface area contributed by atoms with Gasteiger partial charge < -0.3 is 4.74 Å². The fraction of sp³-hybridized carbons (Fsp3) is 0.909. The SMILES string of the molecule is CC(C)(C#N)CCS(=O)CC1CCCO1. The van der Waals surface area contributed by atoms with Crippen molar-refractivity contribution in [1.29, 1.82) is 5.26 Å². The number of hydrogen-bond donors (Lipinski definition) is 0. The van der Waals surface area contributed by atoms with Crippen molar-refractivity contribution in [3.05, 3.63) is 0 Å². The highest BCUT2D eigenvalue weighted by atomic mass is 32.2. The van der Waals surface area contributed by atoms with E-state index in [1.165, 1.54) is 0 Å². The number of hydrogen-bond acceptors (Lipinski definition) is 3. The predicted octanol–water partition coefficient (Wildman–Crippen LogP) is 1.85. The normalized spacial score (nSPS) is 23.7.